The van der Waals surface area contributed by atoms with E-state index in [2.05, 4.69) is 0 Å². The zero-order valence-electron chi connectivity index (χ0n) is 3.57. The van der Waals surface area contributed by atoms with Crippen molar-refractivity contribution in [2.75, 3.05) is 6.26 Å². The fourth-order valence-electron chi connectivity index (χ4n) is 0. The molecule has 0 aromatic carbocycles. The van der Waals surface area contributed by atoms with Crippen LogP contribution < -0.4 is 0 Å². The van der Waals surface area contributed by atoms with Gasteiger partial charge in [0.25, 0.3) is 0 Å². The first-order chi connectivity index (χ1) is 2.94. The van der Waals surface area contributed by atoms with Crippen LogP contribution in [0.2, 0.25) is 0 Å². The highest BCUT2D eigenvalue weighted by Gasteiger charge is 2.17. The van der Waals surface area contributed by atoms with E-state index in [1.54, 1.807) is 0 Å². The van der Waals surface area contributed by atoms with Gasteiger partial charge in [-0.15, -0.1) is 0 Å². The summed E-state index contributed by atoms with van der Waals surface area (Å²) >= 11 is 0. The van der Waals surface area contributed by atoms with Crippen LogP contribution in [0.15, 0.2) is 0 Å². The van der Waals surface area contributed by atoms with Crippen LogP contribution >= 0.6 is 6.80 Å². The zero-order valence-corrected chi connectivity index (χ0v) is 5.28. The normalized spacial score (nSPS) is 16.4. The highest BCUT2D eigenvalue weighted by atomic mass is 32.8. The second-order valence-electron chi connectivity index (χ2n) is 0.914. The van der Waals surface area contributed by atoms with Crippen molar-refractivity contribution in [2.45, 2.75) is 0 Å². The van der Waals surface area contributed by atoms with Gasteiger partial charge in [0.15, 0.2) is 0 Å². The monoisotopic (exact) mass is 144 g/mol. The van der Waals surface area contributed by atoms with E-state index in [1.165, 1.54) is 0 Å². The van der Waals surface area contributed by atoms with Crippen LogP contribution in [-0.4, -0.2) is 20.3 Å². The van der Waals surface area contributed by atoms with Crippen LogP contribution in [0.25, 0.3) is 0 Å². The maximum absolute atomic E-state index is 9.81. The largest absolute Gasteiger partial charge is 0.413 e. The average Bonchev–Trinajstić information content (AvgIpc) is 1.31. The molecule has 0 rings (SSSR count). The molecule has 6 heteroatoms. The van der Waals surface area contributed by atoms with E-state index in [4.69, 9.17) is 9.79 Å². The van der Waals surface area contributed by atoms with E-state index in [0.29, 0.717) is 0 Å². The first-order valence-corrected chi connectivity index (χ1v) is 5.12. The van der Waals surface area contributed by atoms with Gasteiger partial charge in [0.1, 0.15) is 10.4 Å². The van der Waals surface area contributed by atoms with Gasteiger partial charge in [-0.25, -0.2) is 8.77 Å². The average molecular weight is 144 g/mol. The SMILES string of the molecule is CS(=O)P(=O)(O)O. The molecule has 0 saturated heterocycles. The molecule has 0 radical (unpaired) electrons. The number of hydrogen-bond acceptors (Lipinski definition) is 2. The molecule has 0 spiro atoms. The third-order valence-electron chi connectivity index (χ3n) is 0.335. The Labute approximate surface area is 42.9 Å². The minimum Gasteiger partial charge on any atom is -0.315 e. The molecule has 44 valence electrons. The second kappa shape index (κ2) is 2.05. The van der Waals surface area contributed by atoms with Crippen molar-refractivity contribution in [1.82, 2.24) is 0 Å². The van der Waals surface area contributed by atoms with Gasteiger partial charge < -0.3 is 9.79 Å². The maximum Gasteiger partial charge on any atom is 0.413 e. The van der Waals surface area contributed by atoms with E-state index in [0.717, 1.165) is 6.26 Å². The quantitative estimate of drug-likeness (QED) is 0.484. The van der Waals surface area contributed by atoms with Gasteiger partial charge in [0.2, 0.25) is 0 Å². The van der Waals surface area contributed by atoms with Crippen molar-refractivity contribution in [3.8, 4) is 0 Å². The number of rotatable bonds is 1. The fraction of sp³-hybridized carbons (Fsp3) is 1.00. The lowest BCUT2D eigenvalue weighted by molar-refractivity contribution is 0.394. The minimum absolute atomic E-state index is 0.959. The third kappa shape index (κ3) is 2.93. The molecule has 0 heterocycles. The van der Waals surface area contributed by atoms with Gasteiger partial charge >= 0.3 is 6.80 Å². The Balaban J connectivity index is 4.09. The summed E-state index contributed by atoms with van der Waals surface area (Å²) in [5.74, 6) is 0. The minimum atomic E-state index is -4.27. The van der Waals surface area contributed by atoms with Gasteiger partial charge in [-0.05, 0) is 0 Å². The van der Waals surface area contributed by atoms with Crippen molar-refractivity contribution >= 4 is 17.2 Å². The molecule has 0 amide bonds. The van der Waals surface area contributed by atoms with E-state index in [-0.39, 0.29) is 0 Å². The molecule has 0 aromatic heterocycles. The Morgan fingerprint density at radius 3 is 1.71 bits per heavy atom. The topological polar surface area (TPSA) is 74.6 Å². The van der Waals surface area contributed by atoms with Gasteiger partial charge in [-0.3, -0.25) is 0 Å². The molecule has 0 aliphatic carbocycles. The molecule has 0 aliphatic rings. The van der Waals surface area contributed by atoms with Crippen LogP contribution in [0.3, 0.4) is 0 Å². The first-order valence-electron chi connectivity index (χ1n) is 1.34. The molecular formula is CH5O4PS. The molecular weight excluding hydrogens is 139 g/mol. The summed E-state index contributed by atoms with van der Waals surface area (Å²) in [4.78, 5) is 15.8. The van der Waals surface area contributed by atoms with E-state index in [1.807, 2.05) is 0 Å². The molecule has 0 aliphatic heterocycles. The standard InChI is InChI=1S/CH5O4PS/c1-7(5)6(2,3)4/h1H3,(H2,2,3,4). The van der Waals surface area contributed by atoms with Crippen LogP contribution in [-0.2, 0) is 15.0 Å². The molecule has 1 atom stereocenters. The van der Waals surface area contributed by atoms with Crippen LogP contribution in [0, 0.1) is 0 Å². The van der Waals surface area contributed by atoms with E-state index >= 15 is 0 Å². The summed E-state index contributed by atoms with van der Waals surface area (Å²) < 4.78 is 19.5. The van der Waals surface area contributed by atoms with Crippen molar-refractivity contribution in [1.29, 1.82) is 0 Å². The van der Waals surface area contributed by atoms with E-state index < -0.39 is 17.2 Å². The Morgan fingerprint density at radius 2 is 1.71 bits per heavy atom. The fourth-order valence-corrected chi connectivity index (χ4v) is 0. The summed E-state index contributed by atoms with van der Waals surface area (Å²) in [6, 6.07) is 0. The van der Waals surface area contributed by atoms with Crippen molar-refractivity contribution < 1.29 is 18.6 Å². The zero-order chi connectivity index (χ0) is 6.08. The van der Waals surface area contributed by atoms with Gasteiger partial charge in [0, 0.05) is 6.26 Å². The Kier molecular flexibility index (Phi) is 2.13. The molecule has 7 heavy (non-hydrogen) atoms. The van der Waals surface area contributed by atoms with Crippen LogP contribution in [0.1, 0.15) is 0 Å². The predicted octanol–water partition coefficient (Wildman–Crippen LogP) is -0.542. The van der Waals surface area contributed by atoms with Crippen LogP contribution in [0.4, 0.5) is 0 Å². The van der Waals surface area contributed by atoms with Crippen LogP contribution in [0.5, 0.6) is 0 Å². The highest BCUT2D eigenvalue weighted by molar-refractivity contribution is 8.44. The summed E-state index contributed by atoms with van der Waals surface area (Å²) in [7, 11) is -2.02. The van der Waals surface area contributed by atoms with Crippen molar-refractivity contribution in [3.05, 3.63) is 0 Å². The third-order valence-corrected chi connectivity index (χ3v) is 3.01. The Bertz CT molecular complexity index is 124. The lowest BCUT2D eigenvalue weighted by Crippen LogP contribution is -1.84. The van der Waals surface area contributed by atoms with Crippen molar-refractivity contribution in [2.24, 2.45) is 0 Å². The summed E-state index contributed by atoms with van der Waals surface area (Å²) in [5.41, 5.74) is 0. The molecule has 0 aromatic rings. The maximum atomic E-state index is 9.81. The first kappa shape index (κ1) is 7.30. The second-order valence-corrected chi connectivity index (χ2v) is 5.71. The van der Waals surface area contributed by atoms with Gasteiger partial charge in [0.05, 0.1) is 0 Å². The molecule has 1 unspecified atom stereocenters. The van der Waals surface area contributed by atoms with E-state index in [9.17, 15) is 8.77 Å². The smallest absolute Gasteiger partial charge is 0.315 e. The molecule has 4 nitrogen and oxygen atoms in total. The van der Waals surface area contributed by atoms with Gasteiger partial charge in [-0.1, -0.05) is 0 Å². The Hall–Kier alpha value is 0.300. The summed E-state index contributed by atoms with van der Waals surface area (Å²) in [6.07, 6.45) is 0.959. The lowest BCUT2D eigenvalue weighted by atomic mass is 12.0. The highest BCUT2D eigenvalue weighted by Crippen LogP contribution is 2.37. The van der Waals surface area contributed by atoms with Gasteiger partial charge in [-0.2, -0.15) is 0 Å². The summed E-state index contributed by atoms with van der Waals surface area (Å²) in [6.45, 7) is -4.27. The summed E-state index contributed by atoms with van der Waals surface area (Å²) in [5, 5.41) is 0. The lowest BCUT2D eigenvalue weighted by Gasteiger charge is -1.93. The molecule has 2 N–H and O–H groups in total. The molecule has 0 saturated carbocycles. The predicted molar refractivity (Wildman–Crippen MR) is 26.1 cm³/mol. The Morgan fingerprint density at radius 1 is 1.57 bits per heavy atom. The van der Waals surface area contributed by atoms with Crippen molar-refractivity contribution in [3.63, 3.8) is 0 Å². The number of hydrogen-bond donors (Lipinski definition) is 2. The molecule has 0 fully saturated rings. The molecule has 0 bridgehead atoms.